The third kappa shape index (κ3) is 3.87. The van der Waals surface area contributed by atoms with Gasteiger partial charge in [0.1, 0.15) is 6.04 Å². The van der Waals surface area contributed by atoms with Crippen LogP contribution in [0.2, 0.25) is 0 Å². The molecule has 6 heteroatoms. The second kappa shape index (κ2) is 7.52. The summed E-state index contributed by atoms with van der Waals surface area (Å²) in [6.07, 6.45) is 0.645. The van der Waals surface area contributed by atoms with Gasteiger partial charge in [0.05, 0.1) is 19.8 Å². The number of hydrogen-bond acceptors (Lipinski definition) is 4. The van der Waals surface area contributed by atoms with Gasteiger partial charge in [-0.1, -0.05) is 26.3 Å². The van der Waals surface area contributed by atoms with Gasteiger partial charge in [0, 0.05) is 0 Å². The summed E-state index contributed by atoms with van der Waals surface area (Å²) >= 11 is 0. The molecule has 0 aliphatic carbocycles. The van der Waals surface area contributed by atoms with Crippen molar-refractivity contribution >= 4 is 11.9 Å². The highest BCUT2D eigenvalue weighted by Gasteiger charge is 2.27. The van der Waals surface area contributed by atoms with E-state index in [1.165, 1.54) is 14.2 Å². The van der Waals surface area contributed by atoms with Gasteiger partial charge in [-0.15, -0.1) is 0 Å². The van der Waals surface area contributed by atoms with Crippen molar-refractivity contribution in [2.75, 3.05) is 14.2 Å². The Morgan fingerprint density at radius 1 is 1.29 bits per heavy atom. The van der Waals surface area contributed by atoms with E-state index in [0.717, 1.165) is 0 Å². The molecule has 1 rings (SSSR count). The molecule has 2 atom stereocenters. The highest BCUT2D eigenvalue weighted by atomic mass is 16.5. The van der Waals surface area contributed by atoms with Crippen LogP contribution in [0.25, 0.3) is 0 Å². The number of carbonyl (C=O) groups is 2. The molecular weight excluding hydrogens is 274 g/mol. The van der Waals surface area contributed by atoms with E-state index >= 15 is 0 Å². The van der Waals surface area contributed by atoms with Gasteiger partial charge < -0.3 is 19.9 Å². The van der Waals surface area contributed by atoms with Crippen LogP contribution >= 0.6 is 0 Å². The fourth-order valence-electron chi connectivity index (χ4n) is 1.97. The molecule has 1 aromatic rings. The van der Waals surface area contributed by atoms with Crippen molar-refractivity contribution in [1.29, 1.82) is 0 Å². The summed E-state index contributed by atoms with van der Waals surface area (Å²) in [4.78, 5) is 23.6. The number of hydrogen-bond donors (Lipinski definition) is 2. The highest BCUT2D eigenvalue weighted by molar-refractivity contribution is 5.99. The van der Waals surface area contributed by atoms with Gasteiger partial charge in [0.2, 0.25) is 0 Å². The second-order valence-electron chi connectivity index (χ2n) is 4.72. The van der Waals surface area contributed by atoms with Crippen molar-refractivity contribution in [2.24, 2.45) is 5.92 Å². The zero-order valence-corrected chi connectivity index (χ0v) is 12.7. The maximum absolute atomic E-state index is 12.3. The van der Waals surface area contributed by atoms with Gasteiger partial charge in [-0.05, 0) is 18.1 Å². The van der Waals surface area contributed by atoms with E-state index in [-0.39, 0.29) is 17.2 Å². The summed E-state index contributed by atoms with van der Waals surface area (Å²) in [5, 5.41) is 11.8. The van der Waals surface area contributed by atoms with Gasteiger partial charge in [0.25, 0.3) is 5.91 Å². The average Bonchev–Trinajstić information content (AvgIpc) is 2.50. The molecule has 0 radical (unpaired) electrons. The van der Waals surface area contributed by atoms with Crippen molar-refractivity contribution in [1.82, 2.24) is 5.32 Å². The van der Waals surface area contributed by atoms with Crippen LogP contribution in [0, 0.1) is 5.92 Å². The number of methoxy groups -OCH3 is 2. The Balaban J connectivity index is 3.06. The Bertz CT molecular complexity index is 515. The number of carboxylic acids is 1. The number of ether oxygens (including phenoxy) is 2. The molecule has 0 aromatic heterocycles. The number of para-hydroxylation sites is 1. The van der Waals surface area contributed by atoms with Crippen LogP contribution in [0.4, 0.5) is 0 Å². The molecule has 1 amide bonds. The molecular formula is C15H21NO5. The molecule has 0 bridgehead atoms. The van der Waals surface area contributed by atoms with Crippen LogP contribution in [0.5, 0.6) is 11.5 Å². The smallest absolute Gasteiger partial charge is 0.326 e. The zero-order chi connectivity index (χ0) is 16.0. The van der Waals surface area contributed by atoms with Gasteiger partial charge in [0.15, 0.2) is 11.5 Å². The largest absolute Gasteiger partial charge is 0.493 e. The lowest BCUT2D eigenvalue weighted by molar-refractivity contribution is -0.140. The van der Waals surface area contributed by atoms with Crippen LogP contribution in [-0.2, 0) is 4.79 Å². The Morgan fingerprint density at radius 3 is 2.43 bits per heavy atom. The first kappa shape index (κ1) is 16.8. The van der Waals surface area contributed by atoms with Crippen LogP contribution in [0.3, 0.4) is 0 Å². The number of aliphatic carboxylic acids is 1. The standard InChI is InChI=1S/C15H21NO5/c1-5-9(2)12(15(18)19)16-14(17)10-7-6-8-11(20-3)13(10)21-4/h6-9,12H,5H2,1-4H3,(H,16,17)(H,18,19)/t9-,12-/m0/s1. The van der Waals surface area contributed by atoms with E-state index in [1.807, 2.05) is 6.92 Å². The predicted octanol–water partition coefficient (Wildman–Crippen LogP) is 1.93. The Kier molecular flexibility index (Phi) is 6.02. The van der Waals surface area contributed by atoms with E-state index in [4.69, 9.17) is 9.47 Å². The second-order valence-corrected chi connectivity index (χ2v) is 4.72. The number of amides is 1. The molecule has 0 spiro atoms. The summed E-state index contributed by atoms with van der Waals surface area (Å²) in [6, 6.07) is 3.93. The summed E-state index contributed by atoms with van der Waals surface area (Å²) in [5.74, 6) is -1.03. The summed E-state index contributed by atoms with van der Waals surface area (Å²) in [7, 11) is 2.90. The van der Waals surface area contributed by atoms with E-state index < -0.39 is 17.9 Å². The van der Waals surface area contributed by atoms with Gasteiger partial charge in [-0.2, -0.15) is 0 Å². The molecule has 0 unspecified atom stereocenters. The Hall–Kier alpha value is -2.24. The summed E-state index contributed by atoms with van der Waals surface area (Å²) in [5.41, 5.74) is 0.242. The molecule has 0 aliphatic heterocycles. The van der Waals surface area contributed by atoms with E-state index in [1.54, 1.807) is 25.1 Å². The molecule has 21 heavy (non-hydrogen) atoms. The van der Waals surface area contributed by atoms with Crippen molar-refractivity contribution in [3.63, 3.8) is 0 Å². The lowest BCUT2D eigenvalue weighted by Crippen LogP contribution is -2.45. The number of nitrogens with one attached hydrogen (secondary N) is 1. The van der Waals surface area contributed by atoms with Crippen LogP contribution in [0.15, 0.2) is 18.2 Å². The first-order valence-corrected chi connectivity index (χ1v) is 6.70. The molecule has 0 fully saturated rings. The SMILES string of the molecule is CC[C@H](C)[C@H](NC(=O)c1cccc(OC)c1OC)C(=O)O. The number of carbonyl (C=O) groups excluding carboxylic acids is 1. The van der Waals surface area contributed by atoms with Gasteiger partial charge in [-0.25, -0.2) is 4.79 Å². The maximum atomic E-state index is 12.3. The maximum Gasteiger partial charge on any atom is 0.326 e. The minimum absolute atomic E-state index is 0.178. The molecule has 0 saturated heterocycles. The predicted molar refractivity (Wildman–Crippen MR) is 77.9 cm³/mol. The summed E-state index contributed by atoms with van der Waals surface area (Å²) < 4.78 is 10.3. The fourth-order valence-corrected chi connectivity index (χ4v) is 1.97. The molecule has 2 N–H and O–H groups in total. The molecule has 6 nitrogen and oxygen atoms in total. The number of benzene rings is 1. The average molecular weight is 295 g/mol. The van der Waals surface area contributed by atoms with Crippen molar-refractivity contribution in [2.45, 2.75) is 26.3 Å². The summed E-state index contributed by atoms with van der Waals surface area (Å²) in [6.45, 7) is 3.65. The third-order valence-electron chi connectivity index (χ3n) is 3.41. The molecule has 0 saturated carbocycles. The monoisotopic (exact) mass is 295 g/mol. The Labute approximate surface area is 124 Å². The molecule has 1 aromatic carbocycles. The minimum Gasteiger partial charge on any atom is -0.493 e. The first-order chi connectivity index (χ1) is 9.96. The van der Waals surface area contributed by atoms with Crippen molar-refractivity contribution < 1.29 is 24.2 Å². The third-order valence-corrected chi connectivity index (χ3v) is 3.41. The topological polar surface area (TPSA) is 84.9 Å². The lowest BCUT2D eigenvalue weighted by atomic mass is 9.99. The quantitative estimate of drug-likeness (QED) is 0.803. The lowest BCUT2D eigenvalue weighted by Gasteiger charge is -2.21. The van der Waals surface area contributed by atoms with E-state index in [0.29, 0.717) is 12.2 Å². The molecule has 0 heterocycles. The normalized spacial score (nSPS) is 13.1. The Morgan fingerprint density at radius 2 is 1.95 bits per heavy atom. The first-order valence-electron chi connectivity index (χ1n) is 6.70. The zero-order valence-electron chi connectivity index (χ0n) is 12.7. The van der Waals surface area contributed by atoms with Crippen LogP contribution < -0.4 is 14.8 Å². The van der Waals surface area contributed by atoms with Crippen molar-refractivity contribution in [3.8, 4) is 11.5 Å². The fraction of sp³-hybridized carbons (Fsp3) is 0.467. The molecule has 116 valence electrons. The van der Waals surface area contributed by atoms with Crippen molar-refractivity contribution in [3.05, 3.63) is 23.8 Å². The number of rotatable bonds is 7. The number of carboxylic acid groups (broad SMARTS) is 1. The van der Waals surface area contributed by atoms with Crippen LogP contribution in [0.1, 0.15) is 30.6 Å². The van der Waals surface area contributed by atoms with Gasteiger partial charge >= 0.3 is 5.97 Å². The van der Waals surface area contributed by atoms with E-state index in [2.05, 4.69) is 5.32 Å². The molecule has 0 aliphatic rings. The van der Waals surface area contributed by atoms with Gasteiger partial charge in [-0.3, -0.25) is 4.79 Å². The van der Waals surface area contributed by atoms with Crippen LogP contribution in [-0.4, -0.2) is 37.2 Å². The highest BCUT2D eigenvalue weighted by Crippen LogP contribution is 2.30. The van der Waals surface area contributed by atoms with E-state index in [9.17, 15) is 14.7 Å². The minimum atomic E-state index is -1.06.